The number of methoxy groups -OCH3 is 1. The van der Waals surface area contributed by atoms with Crippen LogP contribution in [0.1, 0.15) is 44.6 Å². The summed E-state index contributed by atoms with van der Waals surface area (Å²) in [6.07, 6.45) is 6.92. The predicted molar refractivity (Wildman–Crippen MR) is 80.9 cm³/mol. The Morgan fingerprint density at radius 3 is 2.50 bits per heavy atom. The van der Waals surface area contributed by atoms with Gasteiger partial charge in [-0.15, -0.1) is 0 Å². The van der Waals surface area contributed by atoms with Crippen LogP contribution in [-0.2, 0) is 11.2 Å². The zero-order chi connectivity index (χ0) is 14.4. The van der Waals surface area contributed by atoms with Gasteiger partial charge in [-0.1, -0.05) is 31.4 Å². The first-order valence-corrected chi connectivity index (χ1v) is 7.61. The van der Waals surface area contributed by atoms with Crippen LogP contribution in [0.4, 0.5) is 0 Å². The highest BCUT2D eigenvalue weighted by Gasteiger charge is 2.21. The number of carbonyl (C=O) groups excluding carboxylic acids is 1. The summed E-state index contributed by atoms with van der Waals surface area (Å²) < 4.78 is 5.12. The van der Waals surface area contributed by atoms with Crippen molar-refractivity contribution in [1.29, 1.82) is 0 Å². The minimum atomic E-state index is 0.119. The highest BCUT2D eigenvalue weighted by molar-refractivity contribution is 5.78. The maximum Gasteiger partial charge on any atom is 0.224 e. The highest BCUT2D eigenvalue weighted by Crippen LogP contribution is 2.26. The quantitative estimate of drug-likeness (QED) is 0.895. The minimum absolute atomic E-state index is 0.119. The van der Waals surface area contributed by atoms with Crippen molar-refractivity contribution in [1.82, 2.24) is 5.32 Å². The smallest absolute Gasteiger partial charge is 0.224 e. The molecule has 1 atom stereocenters. The molecule has 0 heterocycles. The molecule has 1 fully saturated rings. The third kappa shape index (κ3) is 4.26. The lowest BCUT2D eigenvalue weighted by Gasteiger charge is -2.28. The van der Waals surface area contributed by atoms with Crippen LogP contribution < -0.4 is 10.1 Å². The molecule has 0 unspecified atom stereocenters. The summed E-state index contributed by atoms with van der Waals surface area (Å²) in [7, 11) is 1.65. The Morgan fingerprint density at radius 2 is 1.90 bits per heavy atom. The van der Waals surface area contributed by atoms with E-state index in [1.54, 1.807) is 7.11 Å². The zero-order valence-electron chi connectivity index (χ0n) is 12.5. The monoisotopic (exact) mass is 275 g/mol. The molecule has 3 heteroatoms. The van der Waals surface area contributed by atoms with Crippen LogP contribution in [0.5, 0.6) is 5.75 Å². The Kier molecular flexibility index (Phi) is 5.45. The van der Waals surface area contributed by atoms with E-state index >= 15 is 0 Å². The number of amides is 1. The van der Waals surface area contributed by atoms with Crippen LogP contribution in [0.25, 0.3) is 0 Å². The molecule has 2 rings (SSSR count). The minimum Gasteiger partial charge on any atom is -0.497 e. The van der Waals surface area contributed by atoms with Gasteiger partial charge in [0, 0.05) is 6.04 Å². The molecule has 0 radical (unpaired) electrons. The number of hydrogen-bond donors (Lipinski definition) is 1. The summed E-state index contributed by atoms with van der Waals surface area (Å²) in [6, 6.07) is 7.98. The molecule has 0 aliphatic heterocycles. The standard InChI is InChI=1S/C17H25NO2/c1-13(15-6-4-3-5-7-15)18-17(19)12-14-8-10-16(20-2)11-9-14/h8-11,13,15H,3-7,12H2,1-2H3,(H,18,19)/t13-/m1/s1. The number of nitrogens with one attached hydrogen (secondary N) is 1. The fourth-order valence-corrected chi connectivity index (χ4v) is 2.99. The van der Waals surface area contributed by atoms with Gasteiger partial charge in [0.1, 0.15) is 5.75 Å². The van der Waals surface area contributed by atoms with Crippen LogP contribution in [0, 0.1) is 5.92 Å². The third-order valence-corrected chi connectivity index (χ3v) is 4.27. The van der Waals surface area contributed by atoms with E-state index in [-0.39, 0.29) is 5.91 Å². The first-order valence-electron chi connectivity index (χ1n) is 7.61. The molecular weight excluding hydrogens is 250 g/mol. The number of hydrogen-bond acceptors (Lipinski definition) is 2. The van der Waals surface area contributed by atoms with Gasteiger partial charge < -0.3 is 10.1 Å². The van der Waals surface area contributed by atoms with Crippen molar-refractivity contribution in [3.8, 4) is 5.75 Å². The second-order valence-corrected chi connectivity index (χ2v) is 5.78. The van der Waals surface area contributed by atoms with Gasteiger partial charge in [-0.2, -0.15) is 0 Å². The Labute approximate surface area is 121 Å². The fourth-order valence-electron chi connectivity index (χ4n) is 2.99. The van der Waals surface area contributed by atoms with Crippen molar-refractivity contribution in [2.75, 3.05) is 7.11 Å². The van der Waals surface area contributed by atoms with E-state index < -0.39 is 0 Å². The molecule has 0 spiro atoms. The number of rotatable bonds is 5. The van der Waals surface area contributed by atoms with Gasteiger partial charge >= 0.3 is 0 Å². The second kappa shape index (κ2) is 7.32. The lowest BCUT2D eigenvalue weighted by Crippen LogP contribution is -2.39. The normalized spacial score (nSPS) is 17.5. The Balaban J connectivity index is 1.81. The molecule has 1 N–H and O–H groups in total. The Bertz CT molecular complexity index is 421. The zero-order valence-corrected chi connectivity index (χ0v) is 12.5. The van der Waals surface area contributed by atoms with E-state index in [1.165, 1.54) is 32.1 Å². The molecule has 1 saturated carbocycles. The molecule has 0 saturated heterocycles. The van der Waals surface area contributed by atoms with E-state index in [4.69, 9.17) is 4.74 Å². The molecule has 0 aromatic heterocycles. The average Bonchev–Trinajstić information content (AvgIpc) is 2.49. The molecule has 3 nitrogen and oxygen atoms in total. The summed E-state index contributed by atoms with van der Waals surface area (Å²) in [4.78, 5) is 12.1. The number of carbonyl (C=O) groups is 1. The van der Waals surface area contributed by atoms with E-state index in [0.717, 1.165) is 11.3 Å². The van der Waals surface area contributed by atoms with Gasteiger partial charge in [-0.3, -0.25) is 4.79 Å². The molecular formula is C17H25NO2. The molecule has 0 bridgehead atoms. The first-order chi connectivity index (χ1) is 9.69. The maximum atomic E-state index is 12.1. The molecule has 1 aromatic carbocycles. The van der Waals surface area contributed by atoms with E-state index in [0.29, 0.717) is 18.4 Å². The average molecular weight is 275 g/mol. The summed E-state index contributed by atoms with van der Waals surface area (Å²) in [5.74, 6) is 1.60. The largest absolute Gasteiger partial charge is 0.497 e. The number of ether oxygens (including phenoxy) is 1. The van der Waals surface area contributed by atoms with Crippen molar-refractivity contribution in [3.05, 3.63) is 29.8 Å². The summed E-state index contributed by atoms with van der Waals surface area (Å²) in [5.41, 5.74) is 1.03. The fraction of sp³-hybridized carbons (Fsp3) is 0.588. The van der Waals surface area contributed by atoms with Crippen LogP contribution in [-0.4, -0.2) is 19.1 Å². The SMILES string of the molecule is COc1ccc(CC(=O)N[C@H](C)C2CCCCC2)cc1. The predicted octanol–water partition coefficient (Wildman–Crippen LogP) is 3.32. The van der Waals surface area contributed by atoms with E-state index in [2.05, 4.69) is 12.2 Å². The molecule has 1 amide bonds. The van der Waals surface area contributed by atoms with Crippen LogP contribution >= 0.6 is 0 Å². The van der Waals surface area contributed by atoms with Crippen LogP contribution in [0.2, 0.25) is 0 Å². The van der Waals surface area contributed by atoms with E-state index in [1.807, 2.05) is 24.3 Å². The van der Waals surface area contributed by atoms with Crippen LogP contribution in [0.3, 0.4) is 0 Å². The number of benzene rings is 1. The van der Waals surface area contributed by atoms with Crippen molar-refractivity contribution >= 4 is 5.91 Å². The molecule has 1 aliphatic rings. The summed E-state index contributed by atoms with van der Waals surface area (Å²) >= 11 is 0. The lowest BCUT2D eigenvalue weighted by atomic mass is 9.84. The summed E-state index contributed by atoms with van der Waals surface area (Å²) in [5, 5.41) is 3.16. The van der Waals surface area contributed by atoms with Gasteiger partial charge in [-0.25, -0.2) is 0 Å². The van der Waals surface area contributed by atoms with Gasteiger partial charge in [0.2, 0.25) is 5.91 Å². The molecule has 20 heavy (non-hydrogen) atoms. The van der Waals surface area contributed by atoms with Gasteiger partial charge in [0.25, 0.3) is 0 Å². The lowest BCUT2D eigenvalue weighted by molar-refractivity contribution is -0.121. The Morgan fingerprint density at radius 1 is 1.25 bits per heavy atom. The van der Waals surface area contributed by atoms with Crippen molar-refractivity contribution in [2.24, 2.45) is 5.92 Å². The van der Waals surface area contributed by atoms with Gasteiger partial charge in [0.15, 0.2) is 0 Å². The third-order valence-electron chi connectivity index (χ3n) is 4.27. The van der Waals surface area contributed by atoms with Crippen molar-refractivity contribution < 1.29 is 9.53 Å². The van der Waals surface area contributed by atoms with Crippen LogP contribution in [0.15, 0.2) is 24.3 Å². The second-order valence-electron chi connectivity index (χ2n) is 5.78. The van der Waals surface area contributed by atoms with Crippen molar-refractivity contribution in [2.45, 2.75) is 51.5 Å². The molecule has 110 valence electrons. The van der Waals surface area contributed by atoms with Gasteiger partial charge in [-0.05, 0) is 43.4 Å². The topological polar surface area (TPSA) is 38.3 Å². The molecule has 1 aromatic rings. The summed E-state index contributed by atoms with van der Waals surface area (Å²) in [6.45, 7) is 2.14. The van der Waals surface area contributed by atoms with Gasteiger partial charge in [0.05, 0.1) is 13.5 Å². The first kappa shape index (κ1) is 14.9. The van der Waals surface area contributed by atoms with Crippen molar-refractivity contribution in [3.63, 3.8) is 0 Å². The van der Waals surface area contributed by atoms with E-state index in [9.17, 15) is 4.79 Å². The maximum absolute atomic E-state index is 12.1. The Hall–Kier alpha value is -1.51. The highest BCUT2D eigenvalue weighted by atomic mass is 16.5. The molecule has 1 aliphatic carbocycles.